The van der Waals surface area contributed by atoms with Crippen molar-refractivity contribution in [1.29, 1.82) is 0 Å². The van der Waals surface area contributed by atoms with Crippen molar-refractivity contribution in [2.24, 2.45) is 4.99 Å². The number of ether oxygens (including phenoxy) is 1. The van der Waals surface area contributed by atoms with Crippen LogP contribution in [0.3, 0.4) is 0 Å². The van der Waals surface area contributed by atoms with E-state index >= 15 is 0 Å². The third-order valence-electron chi connectivity index (χ3n) is 4.26. The highest BCUT2D eigenvalue weighted by Gasteiger charge is 2.26. The van der Waals surface area contributed by atoms with Crippen molar-refractivity contribution in [2.45, 2.75) is 25.3 Å². The minimum Gasteiger partial charge on any atom is -0.599 e. The minimum absolute atomic E-state index is 0.0611. The number of carbonyl (C=O) groups excluding carboxylic acids is 2. The summed E-state index contributed by atoms with van der Waals surface area (Å²) in [6.07, 6.45) is -0.420. The second-order valence-corrected chi connectivity index (χ2v) is 6.04. The molecule has 128 valence electrons. The fourth-order valence-electron chi connectivity index (χ4n) is 3.19. The van der Waals surface area contributed by atoms with Crippen molar-refractivity contribution in [3.05, 3.63) is 59.7 Å². The number of ketones is 1. The second-order valence-electron chi connectivity index (χ2n) is 6.04. The number of Topliss-reactive ketones (excluding diaryl/α,β-unsaturated/α-hetero) is 1. The van der Waals surface area contributed by atoms with E-state index in [-0.39, 0.29) is 24.7 Å². The predicted molar refractivity (Wildman–Crippen MR) is 92.3 cm³/mol. The molecule has 1 atom stereocenters. The SMILES string of the molecule is CC(=O)CC(C=O)N=C([O-])OCC1c2ccccc2-c2ccccc21. The van der Waals surface area contributed by atoms with Gasteiger partial charge in [0.2, 0.25) is 0 Å². The summed E-state index contributed by atoms with van der Waals surface area (Å²) in [4.78, 5) is 25.6. The Morgan fingerprint density at radius 1 is 1.16 bits per heavy atom. The molecular formula is C20H18NO4-. The van der Waals surface area contributed by atoms with Crippen LogP contribution in [0.2, 0.25) is 0 Å². The zero-order chi connectivity index (χ0) is 17.8. The van der Waals surface area contributed by atoms with E-state index in [1.54, 1.807) is 0 Å². The van der Waals surface area contributed by atoms with Gasteiger partial charge in [-0.3, -0.25) is 9.79 Å². The minimum atomic E-state index is -0.979. The van der Waals surface area contributed by atoms with Crippen LogP contribution >= 0.6 is 0 Å². The summed E-state index contributed by atoms with van der Waals surface area (Å²) in [7, 11) is 0. The Kier molecular flexibility index (Phi) is 4.93. The van der Waals surface area contributed by atoms with Gasteiger partial charge >= 0.3 is 0 Å². The normalized spacial score (nSPS) is 14.5. The maximum absolute atomic E-state index is 11.9. The summed E-state index contributed by atoms with van der Waals surface area (Å²) in [5, 5.41) is 11.9. The van der Waals surface area contributed by atoms with E-state index < -0.39 is 12.1 Å². The van der Waals surface area contributed by atoms with E-state index in [1.165, 1.54) is 6.92 Å². The van der Waals surface area contributed by atoms with Gasteiger partial charge in [0.25, 0.3) is 0 Å². The molecule has 0 bridgehead atoms. The van der Waals surface area contributed by atoms with Crippen LogP contribution in [-0.2, 0) is 14.3 Å². The average molecular weight is 336 g/mol. The summed E-state index contributed by atoms with van der Waals surface area (Å²) in [5.41, 5.74) is 4.48. The third kappa shape index (κ3) is 3.60. The summed E-state index contributed by atoms with van der Waals surface area (Å²) >= 11 is 0. The molecular weight excluding hydrogens is 318 g/mol. The fraction of sp³-hybridized carbons (Fsp3) is 0.250. The number of nitrogens with zero attached hydrogens (tertiary/aromatic N) is 1. The number of rotatable bonds is 6. The third-order valence-corrected chi connectivity index (χ3v) is 4.26. The number of fused-ring (bicyclic) bond motifs is 3. The van der Waals surface area contributed by atoms with E-state index in [1.807, 2.05) is 36.4 Å². The van der Waals surface area contributed by atoms with Crippen LogP contribution in [0, 0.1) is 0 Å². The van der Waals surface area contributed by atoms with Crippen LogP contribution in [0.5, 0.6) is 0 Å². The molecule has 5 nitrogen and oxygen atoms in total. The highest BCUT2D eigenvalue weighted by atomic mass is 16.6. The molecule has 0 amide bonds. The van der Waals surface area contributed by atoms with Gasteiger partial charge in [0.1, 0.15) is 24.2 Å². The molecule has 0 heterocycles. The van der Waals surface area contributed by atoms with E-state index in [0.717, 1.165) is 22.3 Å². The maximum atomic E-state index is 11.9. The molecule has 0 saturated carbocycles. The molecule has 1 unspecified atom stereocenters. The number of carbonyl (C=O) groups is 2. The van der Waals surface area contributed by atoms with Gasteiger partial charge < -0.3 is 14.6 Å². The van der Waals surface area contributed by atoms with Crippen molar-refractivity contribution in [3.8, 4) is 11.1 Å². The molecule has 1 aliphatic rings. The van der Waals surface area contributed by atoms with Crippen LogP contribution in [-0.4, -0.2) is 30.8 Å². The highest BCUT2D eigenvalue weighted by molar-refractivity contribution is 5.81. The van der Waals surface area contributed by atoms with Crippen molar-refractivity contribution < 1.29 is 19.4 Å². The number of aldehydes is 1. The van der Waals surface area contributed by atoms with Crippen molar-refractivity contribution in [1.82, 2.24) is 0 Å². The lowest BCUT2D eigenvalue weighted by atomic mass is 9.98. The van der Waals surface area contributed by atoms with Crippen LogP contribution in [0.25, 0.3) is 11.1 Å². The molecule has 2 aromatic carbocycles. The maximum Gasteiger partial charge on any atom is 0.146 e. The molecule has 2 aromatic rings. The first-order chi connectivity index (χ1) is 12.1. The van der Waals surface area contributed by atoms with Crippen LogP contribution in [0.15, 0.2) is 53.5 Å². The lowest BCUT2D eigenvalue weighted by Gasteiger charge is -2.21. The lowest BCUT2D eigenvalue weighted by Crippen LogP contribution is -2.27. The molecule has 0 N–H and O–H groups in total. The quantitative estimate of drug-likeness (QED) is 0.460. The predicted octanol–water partition coefficient (Wildman–Crippen LogP) is 2.08. The average Bonchev–Trinajstić information content (AvgIpc) is 2.93. The first-order valence-corrected chi connectivity index (χ1v) is 8.10. The Bertz CT molecular complexity index is 782. The molecule has 0 spiro atoms. The van der Waals surface area contributed by atoms with Gasteiger partial charge in [-0.25, -0.2) is 0 Å². The Morgan fingerprint density at radius 3 is 2.24 bits per heavy atom. The van der Waals surface area contributed by atoms with Gasteiger partial charge in [0.15, 0.2) is 0 Å². The largest absolute Gasteiger partial charge is 0.599 e. The molecule has 0 aliphatic heterocycles. The van der Waals surface area contributed by atoms with Gasteiger partial charge in [0, 0.05) is 18.9 Å². The molecule has 1 aliphatic carbocycles. The number of hydrogen-bond donors (Lipinski definition) is 0. The standard InChI is InChI=1S/C20H19NO4/c1-13(23)10-14(11-22)21-20(24)25-12-19-17-8-4-2-6-15(17)16-7-3-5-9-18(16)19/h2-9,11,14,19H,10,12H2,1H3,(H,21,24)/p-1. The summed E-state index contributed by atoms with van der Waals surface area (Å²) in [6.45, 7) is 1.49. The van der Waals surface area contributed by atoms with Gasteiger partial charge in [-0.1, -0.05) is 48.5 Å². The zero-order valence-corrected chi connectivity index (χ0v) is 13.8. The van der Waals surface area contributed by atoms with E-state index in [9.17, 15) is 14.7 Å². The van der Waals surface area contributed by atoms with Crippen molar-refractivity contribution in [3.63, 3.8) is 0 Å². The van der Waals surface area contributed by atoms with Gasteiger partial charge in [-0.05, 0) is 29.2 Å². The Balaban J connectivity index is 1.77. The number of benzene rings is 2. The summed E-state index contributed by atoms with van der Waals surface area (Å²) in [6, 6.07) is 15.0. The van der Waals surface area contributed by atoms with Gasteiger partial charge in [-0.2, -0.15) is 0 Å². The van der Waals surface area contributed by atoms with Gasteiger partial charge in [0.05, 0.1) is 0 Å². The Labute approximate surface area is 146 Å². The monoisotopic (exact) mass is 336 g/mol. The lowest BCUT2D eigenvalue weighted by molar-refractivity contribution is -0.251. The molecule has 5 heteroatoms. The summed E-state index contributed by atoms with van der Waals surface area (Å²) < 4.78 is 5.28. The topological polar surface area (TPSA) is 78.8 Å². The van der Waals surface area contributed by atoms with Crippen LogP contribution < -0.4 is 5.11 Å². The smallest absolute Gasteiger partial charge is 0.146 e. The van der Waals surface area contributed by atoms with Crippen LogP contribution in [0.4, 0.5) is 0 Å². The fourth-order valence-corrected chi connectivity index (χ4v) is 3.19. The van der Waals surface area contributed by atoms with E-state index in [2.05, 4.69) is 17.1 Å². The second kappa shape index (κ2) is 7.30. The number of hydrogen-bond acceptors (Lipinski definition) is 5. The highest BCUT2D eigenvalue weighted by Crippen LogP contribution is 2.44. The first-order valence-electron chi connectivity index (χ1n) is 8.10. The molecule has 3 rings (SSSR count). The molecule has 0 radical (unpaired) electrons. The van der Waals surface area contributed by atoms with Crippen molar-refractivity contribution >= 4 is 18.2 Å². The zero-order valence-electron chi connectivity index (χ0n) is 13.8. The first kappa shape index (κ1) is 16.9. The molecule has 25 heavy (non-hydrogen) atoms. The molecule has 0 fully saturated rings. The van der Waals surface area contributed by atoms with Gasteiger partial charge in [-0.15, -0.1) is 0 Å². The molecule has 0 aromatic heterocycles. The van der Waals surface area contributed by atoms with Crippen LogP contribution in [0.1, 0.15) is 30.4 Å². The Hall–Kier alpha value is -2.95. The van der Waals surface area contributed by atoms with Crippen molar-refractivity contribution in [2.75, 3.05) is 6.61 Å². The van der Waals surface area contributed by atoms with E-state index in [0.29, 0.717) is 6.29 Å². The summed E-state index contributed by atoms with van der Waals surface area (Å²) in [5.74, 6) is -0.263. The number of aliphatic imine (C=N–C) groups is 1. The van der Waals surface area contributed by atoms with E-state index in [4.69, 9.17) is 4.74 Å². The molecule has 0 saturated heterocycles. The Morgan fingerprint density at radius 2 is 1.72 bits per heavy atom.